The predicted octanol–water partition coefficient (Wildman–Crippen LogP) is 1.13. The van der Waals surface area contributed by atoms with Crippen LogP contribution in [0.4, 0.5) is 0 Å². The van der Waals surface area contributed by atoms with Gasteiger partial charge in [-0.05, 0) is 24.9 Å². The number of rotatable bonds is 1. The van der Waals surface area contributed by atoms with Crippen LogP contribution < -0.4 is 5.32 Å². The molecule has 1 aliphatic heterocycles. The van der Waals surface area contributed by atoms with Crippen LogP contribution in [-0.2, 0) is 7.05 Å². The monoisotopic (exact) mass is 179 g/mol. The molecule has 0 aliphatic carbocycles. The van der Waals surface area contributed by atoms with Gasteiger partial charge in [0.1, 0.15) is 0 Å². The second-order valence-electron chi connectivity index (χ2n) is 4.15. The first-order chi connectivity index (χ1) is 6.18. The summed E-state index contributed by atoms with van der Waals surface area (Å²) in [5.74, 6) is 1.35. The molecule has 13 heavy (non-hydrogen) atoms. The summed E-state index contributed by atoms with van der Waals surface area (Å²) in [5.41, 5.74) is 1.37. The van der Waals surface area contributed by atoms with Crippen LogP contribution in [0.5, 0.6) is 0 Å². The lowest BCUT2D eigenvalue weighted by Gasteiger charge is -2.16. The second-order valence-corrected chi connectivity index (χ2v) is 4.15. The molecule has 72 valence electrons. The fraction of sp³-hybridized carbons (Fsp3) is 0.700. The van der Waals surface area contributed by atoms with Gasteiger partial charge in [-0.15, -0.1) is 0 Å². The van der Waals surface area contributed by atoms with E-state index in [1.165, 1.54) is 5.56 Å². The average Bonchev–Trinajstić information content (AvgIpc) is 2.60. The highest BCUT2D eigenvalue weighted by atomic mass is 15.2. The molecule has 0 saturated carbocycles. The number of nitrogens with zero attached hydrogens (tertiary/aromatic N) is 2. The summed E-state index contributed by atoms with van der Waals surface area (Å²) in [6.45, 7) is 5.68. The highest BCUT2D eigenvalue weighted by Crippen LogP contribution is 2.31. The first-order valence-corrected chi connectivity index (χ1v) is 4.90. The van der Waals surface area contributed by atoms with E-state index in [9.17, 15) is 0 Å². The van der Waals surface area contributed by atoms with Crippen molar-refractivity contribution in [2.24, 2.45) is 13.0 Å². The van der Waals surface area contributed by atoms with E-state index in [4.69, 9.17) is 0 Å². The molecule has 1 N–H and O–H groups in total. The van der Waals surface area contributed by atoms with Gasteiger partial charge < -0.3 is 5.32 Å². The van der Waals surface area contributed by atoms with E-state index in [1.807, 2.05) is 17.9 Å². The quantitative estimate of drug-likeness (QED) is 0.700. The third kappa shape index (κ3) is 1.48. The fourth-order valence-electron chi connectivity index (χ4n) is 2.35. The first kappa shape index (κ1) is 8.75. The largest absolute Gasteiger partial charge is 0.313 e. The molecule has 3 unspecified atom stereocenters. The van der Waals surface area contributed by atoms with Crippen molar-refractivity contribution in [3.05, 3.63) is 18.0 Å². The smallest absolute Gasteiger partial charge is 0.0525 e. The molecule has 1 aliphatic rings. The molecule has 0 amide bonds. The van der Waals surface area contributed by atoms with Gasteiger partial charge in [0.2, 0.25) is 0 Å². The number of hydrogen-bond acceptors (Lipinski definition) is 2. The Bertz CT molecular complexity index is 282. The Morgan fingerprint density at radius 2 is 2.31 bits per heavy atom. The molecule has 3 nitrogen and oxygen atoms in total. The lowest BCUT2D eigenvalue weighted by molar-refractivity contribution is 0.519. The highest BCUT2D eigenvalue weighted by molar-refractivity contribution is 5.17. The van der Waals surface area contributed by atoms with Crippen molar-refractivity contribution < 1.29 is 0 Å². The van der Waals surface area contributed by atoms with Crippen LogP contribution in [0, 0.1) is 5.92 Å². The summed E-state index contributed by atoms with van der Waals surface area (Å²) < 4.78 is 1.88. The Hall–Kier alpha value is -0.830. The van der Waals surface area contributed by atoms with E-state index in [0.717, 1.165) is 12.5 Å². The molecule has 0 spiro atoms. The van der Waals surface area contributed by atoms with E-state index >= 15 is 0 Å². The zero-order valence-corrected chi connectivity index (χ0v) is 8.49. The van der Waals surface area contributed by atoms with Gasteiger partial charge in [-0.1, -0.05) is 6.92 Å². The highest BCUT2D eigenvalue weighted by Gasteiger charge is 2.31. The molecule has 1 saturated heterocycles. The van der Waals surface area contributed by atoms with Gasteiger partial charge in [0.25, 0.3) is 0 Å². The zero-order chi connectivity index (χ0) is 9.42. The van der Waals surface area contributed by atoms with Gasteiger partial charge in [-0.3, -0.25) is 4.68 Å². The molecule has 1 fully saturated rings. The van der Waals surface area contributed by atoms with Crippen molar-refractivity contribution >= 4 is 0 Å². The Labute approximate surface area is 79.1 Å². The minimum Gasteiger partial charge on any atom is -0.313 e. The van der Waals surface area contributed by atoms with Crippen molar-refractivity contribution in [3.63, 3.8) is 0 Å². The van der Waals surface area contributed by atoms with E-state index in [-0.39, 0.29) is 0 Å². The van der Waals surface area contributed by atoms with Gasteiger partial charge in [-0.25, -0.2) is 0 Å². The Morgan fingerprint density at radius 3 is 2.77 bits per heavy atom. The van der Waals surface area contributed by atoms with Crippen LogP contribution in [0.2, 0.25) is 0 Å². The van der Waals surface area contributed by atoms with Gasteiger partial charge in [-0.2, -0.15) is 5.10 Å². The zero-order valence-electron chi connectivity index (χ0n) is 8.49. The molecule has 1 aromatic rings. The minimum absolute atomic E-state index is 0.583. The Balaban J connectivity index is 2.24. The van der Waals surface area contributed by atoms with Crippen molar-refractivity contribution in [1.29, 1.82) is 0 Å². The summed E-state index contributed by atoms with van der Waals surface area (Å²) in [6, 6.07) is 0.583. The van der Waals surface area contributed by atoms with Crippen molar-refractivity contribution in [1.82, 2.24) is 15.1 Å². The molecule has 2 heterocycles. The SMILES string of the molecule is CC1CNC(C)C1c1cnn(C)c1. The fourth-order valence-corrected chi connectivity index (χ4v) is 2.35. The summed E-state index contributed by atoms with van der Waals surface area (Å²) in [6.07, 6.45) is 4.12. The van der Waals surface area contributed by atoms with E-state index in [2.05, 4.69) is 30.5 Å². The third-order valence-corrected chi connectivity index (χ3v) is 3.02. The summed E-state index contributed by atoms with van der Waals surface area (Å²) in [5, 5.41) is 7.71. The van der Waals surface area contributed by atoms with E-state index < -0.39 is 0 Å². The average molecular weight is 179 g/mol. The van der Waals surface area contributed by atoms with Crippen LogP contribution >= 0.6 is 0 Å². The van der Waals surface area contributed by atoms with Crippen LogP contribution in [0.15, 0.2) is 12.4 Å². The van der Waals surface area contributed by atoms with Crippen LogP contribution in [0.1, 0.15) is 25.3 Å². The molecular weight excluding hydrogens is 162 g/mol. The molecule has 1 aromatic heterocycles. The second kappa shape index (κ2) is 3.14. The number of hydrogen-bond donors (Lipinski definition) is 1. The first-order valence-electron chi connectivity index (χ1n) is 4.90. The maximum absolute atomic E-state index is 4.22. The van der Waals surface area contributed by atoms with Crippen LogP contribution in [0.25, 0.3) is 0 Å². The van der Waals surface area contributed by atoms with Gasteiger partial charge in [0.15, 0.2) is 0 Å². The normalized spacial score (nSPS) is 33.9. The van der Waals surface area contributed by atoms with Gasteiger partial charge >= 0.3 is 0 Å². The lowest BCUT2D eigenvalue weighted by atomic mass is 9.88. The van der Waals surface area contributed by atoms with Crippen molar-refractivity contribution in [3.8, 4) is 0 Å². The Kier molecular flexibility index (Phi) is 2.12. The van der Waals surface area contributed by atoms with Crippen LogP contribution in [-0.4, -0.2) is 22.4 Å². The summed E-state index contributed by atoms with van der Waals surface area (Å²) in [4.78, 5) is 0. The number of aryl methyl sites for hydroxylation is 1. The number of aromatic nitrogens is 2. The number of nitrogens with one attached hydrogen (secondary N) is 1. The van der Waals surface area contributed by atoms with Gasteiger partial charge in [0.05, 0.1) is 6.20 Å². The van der Waals surface area contributed by atoms with Crippen LogP contribution in [0.3, 0.4) is 0 Å². The van der Waals surface area contributed by atoms with Crippen molar-refractivity contribution in [2.75, 3.05) is 6.54 Å². The molecular formula is C10H17N3. The maximum atomic E-state index is 4.22. The Morgan fingerprint density at radius 1 is 1.54 bits per heavy atom. The lowest BCUT2D eigenvalue weighted by Crippen LogP contribution is -2.21. The maximum Gasteiger partial charge on any atom is 0.0525 e. The van der Waals surface area contributed by atoms with Gasteiger partial charge in [0, 0.05) is 25.2 Å². The molecule has 3 heteroatoms. The van der Waals surface area contributed by atoms with Crippen molar-refractivity contribution in [2.45, 2.75) is 25.8 Å². The third-order valence-electron chi connectivity index (χ3n) is 3.02. The van der Waals surface area contributed by atoms with E-state index in [0.29, 0.717) is 12.0 Å². The predicted molar refractivity (Wildman–Crippen MR) is 52.6 cm³/mol. The molecule has 0 bridgehead atoms. The molecule has 3 atom stereocenters. The molecule has 2 rings (SSSR count). The molecule has 0 radical (unpaired) electrons. The topological polar surface area (TPSA) is 29.9 Å². The minimum atomic E-state index is 0.583. The summed E-state index contributed by atoms with van der Waals surface area (Å²) in [7, 11) is 1.97. The standard InChI is InChI=1S/C10H17N3/c1-7-4-11-8(2)10(7)9-5-12-13(3)6-9/h5-8,10-11H,4H2,1-3H3. The summed E-state index contributed by atoms with van der Waals surface area (Å²) >= 11 is 0. The molecule has 0 aromatic carbocycles. The van der Waals surface area contributed by atoms with E-state index in [1.54, 1.807) is 0 Å².